The molecule has 1 unspecified atom stereocenters. The van der Waals surface area contributed by atoms with Crippen molar-refractivity contribution in [3.05, 3.63) is 71.8 Å². The van der Waals surface area contributed by atoms with Crippen LogP contribution in [0.3, 0.4) is 0 Å². The maximum atomic E-state index is 5.81. The Hall–Kier alpha value is -1.60. The van der Waals surface area contributed by atoms with Crippen LogP contribution in [0.1, 0.15) is 43.2 Å². The highest BCUT2D eigenvalue weighted by atomic mass is 16.6. The minimum absolute atomic E-state index is 0.130. The summed E-state index contributed by atoms with van der Waals surface area (Å²) >= 11 is 0. The largest absolute Gasteiger partial charge is 0.370 e. The van der Waals surface area contributed by atoms with E-state index in [-0.39, 0.29) is 5.60 Å². The predicted octanol–water partition coefficient (Wildman–Crippen LogP) is 4.78. The lowest BCUT2D eigenvalue weighted by Crippen LogP contribution is -2.16. The molecular formula is C19H22O. The molecule has 1 saturated heterocycles. The highest BCUT2D eigenvalue weighted by molar-refractivity contribution is 5.33. The van der Waals surface area contributed by atoms with Gasteiger partial charge in [-0.05, 0) is 24.0 Å². The molecule has 0 radical (unpaired) electrons. The van der Waals surface area contributed by atoms with Crippen LogP contribution >= 0.6 is 0 Å². The van der Waals surface area contributed by atoms with E-state index >= 15 is 0 Å². The molecule has 1 aliphatic rings. The first-order valence-corrected chi connectivity index (χ1v) is 7.57. The van der Waals surface area contributed by atoms with Gasteiger partial charge in [0.1, 0.15) is 0 Å². The summed E-state index contributed by atoms with van der Waals surface area (Å²) in [5, 5.41) is 0. The van der Waals surface area contributed by atoms with Crippen molar-refractivity contribution in [3.8, 4) is 0 Å². The molecule has 2 aromatic rings. The highest BCUT2D eigenvalue weighted by Crippen LogP contribution is 2.43. The van der Waals surface area contributed by atoms with Crippen molar-refractivity contribution in [3.63, 3.8) is 0 Å². The molecular weight excluding hydrogens is 244 g/mol. The highest BCUT2D eigenvalue weighted by Gasteiger charge is 2.45. The third-order valence-corrected chi connectivity index (χ3v) is 4.24. The van der Waals surface area contributed by atoms with E-state index in [0.717, 1.165) is 13.0 Å². The molecule has 104 valence electrons. The van der Waals surface area contributed by atoms with E-state index < -0.39 is 0 Å². The van der Waals surface area contributed by atoms with Gasteiger partial charge in [0.25, 0.3) is 0 Å². The Morgan fingerprint density at radius 3 is 1.85 bits per heavy atom. The minimum atomic E-state index is 0.130. The lowest BCUT2D eigenvalue weighted by Gasteiger charge is -2.22. The summed E-state index contributed by atoms with van der Waals surface area (Å²) in [5.41, 5.74) is 2.92. The average molecular weight is 266 g/mol. The van der Waals surface area contributed by atoms with Gasteiger partial charge in [-0.2, -0.15) is 0 Å². The first kappa shape index (κ1) is 13.4. The number of benzene rings is 2. The van der Waals surface area contributed by atoms with Crippen LogP contribution in [0.25, 0.3) is 0 Å². The summed E-state index contributed by atoms with van der Waals surface area (Å²) in [5.74, 6) is 0.437. The van der Waals surface area contributed by atoms with Crippen LogP contribution in [0.2, 0.25) is 0 Å². The van der Waals surface area contributed by atoms with E-state index in [2.05, 4.69) is 67.6 Å². The van der Waals surface area contributed by atoms with Gasteiger partial charge in [-0.1, -0.05) is 74.0 Å². The van der Waals surface area contributed by atoms with Crippen LogP contribution in [-0.2, 0) is 4.74 Å². The van der Waals surface area contributed by atoms with E-state index in [4.69, 9.17) is 4.74 Å². The lowest BCUT2D eigenvalue weighted by molar-refractivity contribution is 0.264. The zero-order valence-electron chi connectivity index (χ0n) is 12.1. The fourth-order valence-electron chi connectivity index (χ4n) is 3.09. The van der Waals surface area contributed by atoms with Gasteiger partial charge >= 0.3 is 0 Å². The van der Waals surface area contributed by atoms with Crippen molar-refractivity contribution >= 4 is 0 Å². The van der Waals surface area contributed by atoms with Crippen molar-refractivity contribution in [2.45, 2.75) is 37.7 Å². The fraction of sp³-hybridized carbons (Fsp3) is 0.368. The molecule has 1 fully saturated rings. The van der Waals surface area contributed by atoms with Crippen molar-refractivity contribution < 1.29 is 4.74 Å². The topological polar surface area (TPSA) is 12.5 Å². The molecule has 1 heteroatoms. The molecule has 0 amide bonds. The smallest absolute Gasteiger partial charge is 0.0925 e. The molecule has 1 nitrogen and oxygen atoms in total. The number of hydrogen-bond acceptors (Lipinski definition) is 1. The normalized spacial score (nSPS) is 21.1. The van der Waals surface area contributed by atoms with Gasteiger partial charge in [0.15, 0.2) is 0 Å². The van der Waals surface area contributed by atoms with Gasteiger partial charge in [-0.15, -0.1) is 0 Å². The van der Waals surface area contributed by atoms with Crippen LogP contribution in [0.15, 0.2) is 60.7 Å². The van der Waals surface area contributed by atoms with E-state index in [1.807, 2.05) is 0 Å². The second kappa shape index (κ2) is 5.80. The second-order valence-electron chi connectivity index (χ2n) is 5.80. The summed E-state index contributed by atoms with van der Waals surface area (Å²) in [4.78, 5) is 0. The van der Waals surface area contributed by atoms with Crippen molar-refractivity contribution in [1.29, 1.82) is 0 Å². The molecule has 3 rings (SSSR count). The number of hydrogen-bond donors (Lipinski definition) is 0. The molecule has 1 aliphatic heterocycles. The predicted molar refractivity (Wildman–Crippen MR) is 82.9 cm³/mol. The molecule has 0 saturated carbocycles. The summed E-state index contributed by atoms with van der Waals surface area (Å²) < 4.78 is 5.81. The maximum absolute atomic E-state index is 5.81. The Morgan fingerprint density at radius 1 is 0.950 bits per heavy atom. The Bertz CT molecular complexity index is 489. The van der Waals surface area contributed by atoms with Gasteiger partial charge in [-0.25, -0.2) is 0 Å². The molecule has 0 N–H and O–H groups in total. The molecule has 2 aromatic carbocycles. The zero-order chi connectivity index (χ0) is 13.8. The van der Waals surface area contributed by atoms with Crippen LogP contribution in [0, 0.1) is 0 Å². The van der Waals surface area contributed by atoms with Gasteiger partial charge in [0.05, 0.1) is 12.2 Å². The van der Waals surface area contributed by atoms with E-state index in [1.165, 1.54) is 24.0 Å². The number of ether oxygens (including phenoxy) is 1. The Balaban J connectivity index is 1.89. The van der Waals surface area contributed by atoms with Crippen molar-refractivity contribution in [2.24, 2.45) is 0 Å². The number of epoxide rings is 1. The Kier molecular flexibility index (Phi) is 3.88. The second-order valence-corrected chi connectivity index (χ2v) is 5.80. The zero-order valence-corrected chi connectivity index (χ0v) is 12.1. The standard InChI is InChI=1S/C19H22O/c1-2-13-19(15-20-19)14-18(16-9-5-3-6-10-16)17-11-7-4-8-12-17/h3-12,18H,2,13-15H2,1H3. The van der Waals surface area contributed by atoms with Crippen LogP contribution in [-0.4, -0.2) is 12.2 Å². The Labute approximate surface area is 121 Å². The van der Waals surface area contributed by atoms with Gasteiger partial charge in [-0.3, -0.25) is 0 Å². The van der Waals surface area contributed by atoms with Gasteiger partial charge in [0, 0.05) is 5.92 Å². The molecule has 20 heavy (non-hydrogen) atoms. The molecule has 0 aromatic heterocycles. The van der Waals surface area contributed by atoms with Crippen LogP contribution in [0.5, 0.6) is 0 Å². The first-order valence-electron chi connectivity index (χ1n) is 7.57. The third kappa shape index (κ3) is 2.94. The van der Waals surface area contributed by atoms with Crippen molar-refractivity contribution in [2.75, 3.05) is 6.61 Å². The quantitative estimate of drug-likeness (QED) is 0.686. The van der Waals surface area contributed by atoms with Gasteiger partial charge in [0.2, 0.25) is 0 Å². The third-order valence-electron chi connectivity index (χ3n) is 4.24. The monoisotopic (exact) mass is 266 g/mol. The van der Waals surface area contributed by atoms with Gasteiger partial charge < -0.3 is 4.74 Å². The average Bonchev–Trinajstić information content (AvgIpc) is 3.27. The maximum Gasteiger partial charge on any atom is 0.0925 e. The van der Waals surface area contributed by atoms with E-state index in [1.54, 1.807) is 0 Å². The molecule has 0 aliphatic carbocycles. The van der Waals surface area contributed by atoms with Crippen LogP contribution < -0.4 is 0 Å². The first-order chi connectivity index (χ1) is 9.83. The fourth-order valence-corrected chi connectivity index (χ4v) is 3.09. The lowest BCUT2D eigenvalue weighted by atomic mass is 9.82. The molecule has 0 spiro atoms. The van der Waals surface area contributed by atoms with Crippen LogP contribution in [0.4, 0.5) is 0 Å². The molecule has 1 heterocycles. The minimum Gasteiger partial charge on any atom is -0.370 e. The van der Waals surface area contributed by atoms with E-state index in [0.29, 0.717) is 5.92 Å². The summed E-state index contributed by atoms with van der Waals surface area (Å²) in [6.07, 6.45) is 3.45. The number of rotatable bonds is 6. The summed E-state index contributed by atoms with van der Waals surface area (Å²) in [7, 11) is 0. The summed E-state index contributed by atoms with van der Waals surface area (Å²) in [6.45, 7) is 3.17. The molecule has 1 atom stereocenters. The summed E-state index contributed by atoms with van der Waals surface area (Å²) in [6, 6.07) is 21.6. The van der Waals surface area contributed by atoms with Crippen molar-refractivity contribution in [1.82, 2.24) is 0 Å². The SMILES string of the molecule is CCCC1(CC(c2ccccc2)c2ccccc2)CO1. The molecule has 0 bridgehead atoms. The Morgan fingerprint density at radius 2 is 1.45 bits per heavy atom. The van der Waals surface area contributed by atoms with E-state index in [9.17, 15) is 0 Å².